The lowest BCUT2D eigenvalue weighted by molar-refractivity contribution is -0.00000299. The number of nitrogens with one attached hydrogen (secondary N) is 1. The molecule has 1 saturated heterocycles. The molecule has 0 saturated carbocycles. The van der Waals surface area contributed by atoms with E-state index in [0.29, 0.717) is 6.04 Å². The van der Waals surface area contributed by atoms with Crippen LogP contribution < -0.4 is 26.8 Å². The van der Waals surface area contributed by atoms with Crippen LogP contribution >= 0.6 is 0 Å². The molecule has 0 aromatic heterocycles. The summed E-state index contributed by atoms with van der Waals surface area (Å²) in [6, 6.07) is 11.5. The second-order valence-electron chi connectivity index (χ2n) is 4.38. The van der Waals surface area contributed by atoms with Gasteiger partial charge < -0.3 is 22.3 Å². The molecule has 2 atom stereocenters. The van der Waals surface area contributed by atoms with Crippen LogP contribution in [0.5, 0.6) is 0 Å². The summed E-state index contributed by atoms with van der Waals surface area (Å²) >= 11 is 0. The van der Waals surface area contributed by atoms with Gasteiger partial charge in [-0.15, -0.1) is 0 Å². The van der Waals surface area contributed by atoms with E-state index >= 15 is 0 Å². The number of hydrogen-bond donors (Lipinski definition) is 1. The van der Waals surface area contributed by atoms with E-state index in [1.165, 1.54) is 12.2 Å². The van der Waals surface area contributed by atoms with Crippen molar-refractivity contribution in [3.05, 3.63) is 30.3 Å². The third-order valence-corrected chi connectivity index (χ3v) is 3.51. The predicted molar refractivity (Wildman–Crippen MR) is 61.4 cm³/mol. The Kier molecular flexibility index (Phi) is 4.32. The summed E-state index contributed by atoms with van der Waals surface area (Å²) in [7, 11) is 2.33. The van der Waals surface area contributed by atoms with E-state index in [0.717, 1.165) is 17.6 Å². The third-order valence-electron chi connectivity index (χ3n) is 3.51. The van der Waals surface area contributed by atoms with Gasteiger partial charge in [0.05, 0.1) is 13.6 Å². The fourth-order valence-electron chi connectivity index (χ4n) is 2.20. The van der Waals surface area contributed by atoms with Crippen molar-refractivity contribution >= 4 is 5.69 Å². The minimum absolute atomic E-state index is 0. The third kappa shape index (κ3) is 2.41. The highest BCUT2D eigenvalue weighted by molar-refractivity contribution is 5.43. The Morgan fingerprint density at radius 2 is 1.93 bits per heavy atom. The second-order valence-corrected chi connectivity index (χ2v) is 4.38. The molecule has 0 radical (unpaired) electrons. The van der Waals surface area contributed by atoms with Crippen molar-refractivity contribution in [3.8, 4) is 0 Å². The van der Waals surface area contributed by atoms with Gasteiger partial charge in [-0.05, 0) is 19.1 Å². The highest BCUT2D eigenvalue weighted by atomic mass is 79.9. The monoisotopic (exact) mass is 270 g/mol. The van der Waals surface area contributed by atoms with Gasteiger partial charge in [0.1, 0.15) is 11.7 Å². The van der Waals surface area contributed by atoms with Gasteiger partial charge in [-0.1, -0.05) is 18.2 Å². The predicted octanol–water partition coefficient (Wildman–Crippen LogP) is -1.38. The number of hydrogen-bond acceptors (Lipinski definition) is 1. The second kappa shape index (κ2) is 5.10. The maximum Gasteiger partial charge on any atom is 0.132 e. The Labute approximate surface area is 103 Å². The number of likely N-dealkylation sites (N-methyl/N-ethyl adjacent to an activating group) is 1. The first kappa shape index (κ1) is 12.7. The van der Waals surface area contributed by atoms with Crippen molar-refractivity contribution in [1.29, 1.82) is 0 Å². The molecule has 0 spiro atoms. The van der Waals surface area contributed by atoms with Gasteiger partial charge in [-0.2, -0.15) is 0 Å². The quantitative estimate of drug-likeness (QED) is 0.621. The molecule has 84 valence electrons. The van der Waals surface area contributed by atoms with Crippen LogP contribution in [0.25, 0.3) is 0 Å². The van der Waals surface area contributed by atoms with Crippen molar-refractivity contribution in [3.63, 3.8) is 0 Å². The molecule has 2 rings (SSSR count). The Morgan fingerprint density at radius 1 is 1.27 bits per heavy atom. The van der Waals surface area contributed by atoms with Gasteiger partial charge >= 0.3 is 0 Å². The smallest absolute Gasteiger partial charge is 0.132 e. The first-order valence-corrected chi connectivity index (χ1v) is 5.35. The van der Waals surface area contributed by atoms with E-state index in [1.807, 2.05) is 0 Å². The first-order valence-electron chi connectivity index (χ1n) is 5.35. The summed E-state index contributed by atoms with van der Waals surface area (Å²) in [5, 5.41) is 3.44. The van der Waals surface area contributed by atoms with Crippen molar-refractivity contribution in [2.45, 2.75) is 13.0 Å². The zero-order valence-electron chi connectivity index (χ0n) is 9.41. The van der Waals surface area contributed by atoms with Crippen molar-refractivity contribution < 1.29 is 17.0 Å². The lowest BCUT2D eigenvalue weighted by atomic mass is 10.1. The van der Waals surface area contributed by atoms with Crippen LogP contribution in [0.1, 0.15) is 6.92 Å². The topological polar surface area (TPSA) is 12.0 Å². The summed E-state index contributed by atoms with van der Waals surface area (Å²) in [6.07, 6.45) is 0. The maximum absolute atomic E-state index is 3.44. The van der Waals surface area contributed by atoms with Gasteiger partial charge in [-0.3, -0.25) is 4.48 Å². The molecule has 3 heteroatoms. The fourth-order valence-corrected chi connectivity index (χ4v) is 2.20. The van der Waals surface area contributed by atoms with E-state index in [-0.39, 0.29) is 17.0 Å². The van der Waals surface area contributed by atoms with Crippen molar-refractivity contribution in [2.24, 2.45) is 0 Å². The van der Waals surface area contributed by atoms with Crippen LogP contribution in [0.15, 0.2) is 30.3 Å². The van der Waals surface area contributed by atoms with Gasteiger partial charge in [0.25, 0.3) is 0 Å². The van der Waals surface area contributed by atoms with Crippen LogP contribution in [0.2, 0.25) is 0 Å². The molecule has 1 heterocycles. The molecule has 0 aliphatic carbocycles. The Morgan fingerprint density at radius 3 is 2.53 bits per heavy atom. The molecular weight excluding hydrogens is 252 g/mol. The molecule has 1 N–H and O–H groups in total. The highest BCUT2D eigenvalue weighted by Gasteiger charge is 2.33. The normalized spacial score (nSPS) is 30.7. The Hall–Kier alpha value is -0.380. The number of nitrogens with zero attached hydrogens (tertiary/aromatic N) is 1. The average Bonchev–Trinajstić information content (AvgIpc) is 2.24. The SMILES string of the molecule is CC1CNCC[N+]1(C)c1ccccc1.[Br-]. The van der Waals surface area contributed by atoms with Gasteiger partial charge in [-0.25, -0.2) is 0 Å². The maximum atomic E-state index is 3.44. The summed E-state index contributed by atoms with van der Waals surface area (Å²) < 4.78 is 1.06. The summed E-state index contributed by atoms with van der Waals surface area (Å²) in [5.41, 5.74) is 1.43. The van der Waals surface area contributed by atoms with Crippen molar-refractivity contribution in [2.75, 3.05) is 26.7 Å². The number of para-hydroxylation sites is 1. The summed E-state index contributed by atoms with van der Waals surface area (Å²) in [5.74, 6) is 0. The number of halogens is 1. The molecule has 1 aliphatic rings. The molecule has 1 aliphatic heterocycles. The summed E-state index contributed by atoms with van der Waals surface area (Å²) in [4.78, 5) is 0. The highest BCUT2D eigenvalue weighted by Crippen LogP contribution is 2.24. The zero-order chi connectivity index (χ0) is 10.0. The van der Waals surface area contributed by atoms with Crippen molar-refractivity contribution in [1.82, 2.24) is 9.80 Å². The van der Waals surface area contributed by atoms with E-state index in [2.05, 4.69) is 49.6 Å². The Balaban J connectivity index is 0.00000112. The van der Waals surface area contributed by atoms with Gasteiger partial charge in [0, 0.05) is 13.1 Å². The van der Waals surface area contributed by atoms with Crippen LogP contribution in [-0.4, -0.2) is 32.7 Å². The number of piperazine rings is 1. The fraction of sp³-hybridized carbons (Fsp3) is 0.500. The first-order chi connectivity index (χ1) is 6.73. The van der Waals surface area contributed by atoms with Crippen LogP contribution in [0.3, 0.4) is 0 Å². The molecule has 1 fully saturated rings. The van der Waals surface area contributed by atoms with E-state index in [4.69, 9.17) is 0 Å². The molecule has 1 aromatic rings. The standard InChI is InChI=1S/C12H19N2.BrH/c1-11-10-13-8-9-14(11,2)12-6-4-3-5-7-12;/h3-7,11,13H,8-10H2,1-2H3;1H/q+1;/p-1. The zero-order valence-corrected chi connectivity index (χ0v) is 11.0. The average molecular weight is 271 g/mol. The lowest BCUT2D eigenvalue weighted by Gasteiger charge is -2.43. The molecular formula is C12H19BrN2. The molecule has 0 amide bonds. The van der Waals surface area contributed by atoms with E-state index < -0.39 is 0 Å². The largest absolute Gasteiger partial charge is 1.00 e. The molecule has 0 bridgehead atoms. The minimum Gasteiger partial charge on any atom is -1.00 e. The van der Waals surface area contributed by atoms with E-state index in [1.54, 1.807) is 0 Å². The number of benzene rings is 1. The number of rotatable bonds is 1. The minimum atomic E-state index is 0. The molecule has 1 aromatic carbocycles. The Bertz CT molecular complexity index is 302. The van der Waals surface area contributed by atoms with E-state index in [9.17, 15) is 0 Å². The number of quaternary nitrogens is 1. The summed E-state index contributed by atoms with van der Waals surface area (Å²) in [6.45, 7) is 5.74. The molecule has 2 unspecified atom stereocenters. The molecule has 2 nitrogen and oxygen atoms in total. The van der Waals surface area contributed by atoms with Crippen LogP contribution in [0.4, 0.5) is 5.69 Å². The lowest BCUT2D eigenvalue weighted by Crippen LogP contribution is -3.00. The van der Waals surface area contributed by atoms with Gasteiger partial charge in [0.15, 0.2) is 0 Å². The van der Waals surface area contributed by atoms with Crippen LogP contribution in [-0.2, 0) is 0 Å². The molecule has 15 heavy (non-hydrogen) atoms. The van der Waals surface area contributed by atoms with Gasteiger partial charge in [0.2, 0.25) is 0 Å². The van der Waals surface area contributed by atoms with Crippen LogP contribution in [0, 0.1) is 0 Å².